The summed E-state index contributed by atoms with van der Waals surface area (Å²) in [6, 6.07) is 5.76. The van der Waals surface area contributed by atoms with E-state index in [4.69, 9.17) is 9.57 Å². The standard InChI is InChI=1S/C12H14N2O3/c1-8(15)14-17-7-9-6-13-12-4-3-10(16-2)5-11(9)12/h3-6,13H,7H2,1-2H3,(H,14,15). The van der Waals surface area contributed by atoms with Gasteiger partial charge in [0, 0.05) is 29.6 Å². The Morgan fingerprint density at radius 3 is 3.00 bits per heavy atom. The highest BCUT2D eigenvalue weighted by Gasteiger charge is 2.05. The predicted octanol–water partition coefficient (Wildman–Crippen LogP) is 1.74. The third-order valence-corrected chi connectivity index (χ3v) is 2.42. The number of rotatable bonds is 4. The number of nitrogens with one attached hydrogen (secondary N) is 2. The summed E-state index contributed by atoms with van der Waals surface area (Å²) >= 11 is 0. The van der Waals surface area contributed by atoms with Crippen molar-refractivity contribution >= 4 is 16.8 Å². The molecule has 5 nitrogen and oxygen atoms in total. The van der Waals surface area contributed by atoms with Gasteiger partial charge in [-0.15, -0.1) is 0 Å². The zero-order valence-corrected chi connectivity index (χ0v) is 9.74. The second-order valence-corrected chi connectivity index (χ2v) is 3.67. The van der Waals surface area contributed by atoms with E-state index in [-0.39, 0.29) is 5.91 Å². The molecule has 0 aliphatic carbocycles. The van der Waals surface area contributed by atoms with Crippen molar-refractivity contribution in [2.45, 2.75) is 13.5 Å². The van der Waals surface area contributed by atoms with Gasteiger partial charge >= 0.3 is 0 Å². The Balaban J connectivity index is 2.19. The molecule has 2 N–H and O–H groups in total. The minimum absolute atomic E-state index is 0.220. The van der Waals surface area contributed by atoms with Gasteiger partial charge in [-0.3, -0.25) is 9.63 Å². The number of aromatic amines is 1. The minimum atomic E-state index is -0.220. The Morgan fingerprint density at radius 1 is 1.47 bits per heavy atom. The van der Waals surface area contributed by atoms with Crippen LogP contribution in [-0.4, -0.2) is 18.0 Å². The molecule has 2 aromatic rings. The minimum Gasteiger partial charge on any atom is -0.497 e. The molecule has 0 spiro atoms. The van der Waals surface area contributed by atoms with Crippen LogP contribution >= 0.6 is 0 Å². The fourth-order valence-electron chi connectivity index (χ4n) is 1.62. The van der Waals surface area contributed by atoms with Crippen molar-refractivity contribution in [3.05, 3.63) is 30.0 Å². The first-order valence-corrected chi connectivity index (χ1v) is 5.23. The van der Waals surface area contributed by atoms with Crippen molar-refractivity contribution < 1.29 is 14.4 Å². The highest BCUT2D eigenvalue weighted by molar-refractivity contribution is 5.84. The van der Waals surface area contributed by atoms with Crippen molar-refractivity contribution in [1.82, 2.24) is 10.5 Å². The van der Waals surface area contributed by atoms with Crippen LogP contribution in [0, 0.1) is 0 Å². The van der Waals surface area contributed by atoms with Crippen molar-refractivity contribution in [3.63, 3.8) is 0 Å². The number of fused-ring (bicyclic) bond motifs is 1. The smallest absolute Gasteiger partial charge is 0.240 e. The molecule has 0 saturated carbocycles. The molecule has 1 aromatic carbocycles. The molecule has 0 fully saturated rings. The highest BCUT2D eigenvalue weighted by Crippen LogP contribution is 2.23. The van der Waals surface area contributed by atoms with E-state index in [0.29, 0.717) is 6.61 Å². The third-order valence-electron chi connectivity index (χ3n) is 2.42. The number of amides is 1. The lowest BCUT2D eigenvalue weighted by Crippen LogP contribution is -2.19. The zero-order chi connectivity index (χ0) is 12.3. The number of methoxy groups -OCH3 is 1. The Morgan fingerprint density at radius 2 is 2.29 bits per heavy atom. The summed E-state index contributed by atoms with van der Waals surface area (Å²) in [5, 5.41) is 1.02. The molecule has 17 heavy (non-hydrogen) atoms. The van der Waals surface area contributed by atoms with Gasteiger partial charge < -0.3 is 9.72 Å². The van der Waals surface area contributed by atoms with E-state index in [1.165, 1.54) is 6.92 Å². The molecular weight excluding hydrogens is 220 g/mol. The largest absolute Gasteiger partial charge is 0.497 e. The van der Waals surface area contributed by atoms with E-state index >= 15 is 0 Å². The van der Waals surface area contributed by atoms with Crippen molar-refractivity contribution in [2.75, 3.05) is 7.11 Å². The number of hydroxylamine groups is 1. The monoisotopic (exact) mass is 234 g/mol. The maximum Gasteiger partial charge on any atom is 0.240 e. The fourth-order valence-corrected chi connectivity index (χ4v) is 1.62. The van der Waals surface area contributed by atoms with Crippen LogP contribution in [0.4, 0.5) is 0 Å². The predicted molar refractivity (Wildman–Crippen MR) is 63.5 cm³/mol. The quantitative estimate of drug-likeness (QED) is 0.792. The molecule has 0 atom stereocenters. The Hall–Kier alpha value is -2.01. The third kappa shape index (κ3) is 2.57. The molecule has 90 valence electrons. The Labute approximate surface area is 98.7 Å². The molecule has 5 heteroatoms. The number of hydrogen-bond acceptors (Lipinski definition) is 3. The van der Waals surface area contributed by atoms with Crippen molar-refractivity contribution in [3.8, 4) is 5.75 Å². The molecule has 1 amide bonds. The van der Waals surface area contributed by atoms with Gasteiger partial charge in [-0.05, 0) is 18.2 Å². The molecule has 1 heterocycles. The van der Waals surface area contributed by atoms with Crippen molar-refractivity contribution in [2.24, 2.45) is 0 Å². The summed E-state index contributed by atoms with van der Waals surface area (Å²) in [5.74, 6) is 0.570. The molecule has 0 bridgehead atoms. The number of H-pyrrole nitrogens is 1. The first-order valence-electron chi connectivity index (χ1n) is 5.23. The summed E-state index contributed by atoms with van der Waals surface area (Å²) in [7, 11) is 1.63. The molecule has 0 radical (unpaired) electrons. The van der Waals surface area contributed by atoms with E-state index in [9.17, 15) is 4.79 Å². The average Bonchev–Trinajstić information content (AvgIpc) is 2.71. The van der Waals surface area contributed by atoms with Crippen LogP contribution in [0.2, 0.25) is 0 Å². The maximum absolute atomic E-state index is 10.7. The second-order valence-electron chi connectivity index (χ2n) is 3.67. The Kier molecular flexibility index (Phi) is 3.30. The van der Waals surface area contributed by atoms with E-state index in [0.717, 1.165) is 22.2 Å². The van der Waals surface area contributed by atoms with Crippen LogP contribution in [-0.2, 0) is 16.2 Å². The van der Waals surface area contributed by atoms with Crippen LogP contribution < -0.4 is 10.2 Å². The highest BCUT2D eigenvalue weighted by atomic mass is 16.6. The lowest BCUT2D eigenvalue weighted by atomic mass is 10.2. The van der Waals surface area contributed by atoms with Crippen molar-refractivity contribution in [1.29, 1.82) is 0 Å². The summed E-state index contributed by atoms with van der Waals surface area (Å²) < 4.78 is 5.16. The van der Waals surface area contributed by atoms with E-state index < -0.39 is 0 Å². The van der Waals surface area contributed by atoms with Gasteiger partial charge in [0.25, 0.3) is 0 Å². The number of aromatic nitrogens is 1. The summed E-state index contributed by atoms with van der Waals surface area (Å²) in [5.41, 5.74) is 4.27. The maximum atomic E-state index is 10.7. The number of benzene rings is 1. The molecule has 0 aliphatic heterocycles. The van der Waals surface area contributed by atoms with E-state index in [2.05, 4.69) is 10.5 Å². The molecule has 2 rings (SSSR count). The van der Waals surface area contributed by atoms with E-state index in [1.807, 2.05) is 24.4 Å². The number of ether oxygens (including phenoxy) is 1. The van der Waals surface area contributed by atoms with Crippen LogP contribution in [0.25, 0.3) is 10.9 Å². The lowest BCUT2D eigenvalue weighted by molar-refractivity contribution is -0.132. The molecule has 0 unspecified atom stereocenters. The summed E-state index contributed by atoms with van der Waals surface area (Å²) in [6.07, 6.45) is 1.85. The second kappa shape index (κ2) is 4.88. The van der Waals surface area contributed by atoms with Gasteiger partial charge in [-0.25, -0.2) is 5.48 Å². The first kappa shape index (κ1) is 11.5. The number of carbonyl (C=O) groups excluding carboxylic acids is 1. The van der Waals surface area contributed by atoms with Crippen LogP contribution in [0.5, 0.6) is 5.75 Å². The molecule has 1 aromatic heterocycles. The summed E-state index contributed by atoms with van der Waals surface area (Å²) in [6.45, 7) is 1.71. The van der Waals surface area contributed by atoms with Gasteiger partial charge in [-0.1, -0.05) is 0 Å². The van der Waals surface area contributed by atoms with Crippen LogP contribution in [0.3, 0.4) is 0 Å². The number of carbonyl (C=O) groups is 1. The molecular formula is C12H14N2O3. The molecule has 0 aliphatic rings. The fraction of sp³-hybridized carbons (Fsp3) is 0.250. The van der Waals surface area contributed by atoms with Gasteiger partial charge in [0.15, 0.2) is 0 Å². The normalized spacial score (nSPS) is 10.5. The van der Waals surface area contributed by atoms with Gasteiger partial charge in [0.1, 0.15) is 12.4 Å². The summed E-state index contributed by atoms with van der Waals surface area (Å²) in [4.78, 5) is 18.9. The van der Waals surface area contributed by atoms with Gasteiger partial charge in [-0.2, -0.15) is 0 Å². The SMILES string of the molecule is COc1ccc2[nH]cc(CONC(C)=O)c2c1. The zero-order valence-electron chi connectivity index (χ0n) is 9.74. The number of hydrogen-bond donors (Lipinski definition) is 2. The van der Waals surface area contributed by atoms with Gasteiger partial charge in [0.05, 0.1) is 7.11 Å². The topological polar surface area (TPSA) is 63.4 Å². The van der Waals surface area contributed by atoms with E-state index in [1.54, 1.807) is 7.11 Å². The van der Waals surface area contributed by atoms with Crippen LogP contribution in [0.15, 0.2) is 24.4 Å². The molecule has 0 saturated heterocycles. The van der Waals surface area contributed by atoms with Crippen LogP contribution in [0.1, 0.15) is 12.5 Å². The average molecular weight is 234 g/mol. The Bertz CT molecular complexity index is 534. The first-order chi connectivity index (χ1) is 8.20. The van der Waals surface area contributed by atoms with Gasteiger partial charge in [0.2, 0.25) is 5.91 Å². The lowest BCUT2D eigenvalue weighted by Gasteiger charge is -2.03.